The Balaban J connectivity index is 2.83. The number of nitrogens with one attached hydrogen (secondary N) is 1. The molecule has 3 N–H and O–H groups in total. The Hall–Kier alpha value is -1.66. The first-order valence-corrected chi connectivity index (χ1v) is 5.18. The van der Waals surface area contributed by atoms with E-state index < -0.39 is 10.5 Å². The van der Waals surface area contributed by atoms with Gasteiger partial charge in [-0.05, 0) is 19.4 Å². The van der Waals surface area contributed by atoms with E-state index in [0.717, 1.165) is 5.56 Å². The zero-order valence-corrected chi connectivity index (χ0v) is 9.80. The number of aliphatic hydroxyl groups is 2. The van der Waals surface area contributed by atoms with Gasteiger partial charge in [0.25, 0.3) is 5.69 Å². The molecule has 0 radical (unpaired) electrons. The van der Waals surface area contributed by atoms with Gasteiger partial charge < -0.3 is 15.5 Å². The molecule has 1 unspecified atom stereocenters. The van der Waals surface area contributed by atoms with Gasteiger partial charge in [0.15, 0.2) is 0 Å². The molecule has 0 saturated heterocycles. The minimum Gasteiger partial charge on any atom is -0.393 e. The summed E-state index contributed by atoms with van der Waals surface area (Å²) in [5, 5.41) is 32.0. The smallest absolute Gasteiger partial charge is 0.271 e. The van der Waals surface area contributed by atoms with Crippen molar-refractivity contribution >= 4 is 11.4 Å². The predicted octanol–water partition coefficient (Wildman–Crippen LogP) is 1.06. The van der Waals surface area contributed by atoms with Crippen LogP contribution in [0.4, 0.5) is 11.4 Å². The molecular formula is C11H16N2O4. The van der Waals surface area contributed by atoms with Gasteiger partial charge in [0.05, 0.1) is 11.5 Å². The molecule has 1 rings (SSSR count). The van der Waals surface area contributed by atoms with Gasteiger partial charge in [-0.1, -0.05) is 6.07 Å². The lowest BCUT2D eigenvalue weighted by atomic mass is 10.1. The van der Waals surface area contributed by atoms with Gasteiger partial charge in [-0.2, -0.15) is 0 Å². The molecule has 1 aromatic rings. The molecule has 0 aliphatic rings. The van der Waals surface area contributed by atoms with Crippen molar-refractivity contribution in [3.63, 3.8) is 0 Å². The molecule has 0 aliphatic heterocycles. The molecular weight excluding hydrogens is 224 g/mol. The first-order chi connectivity index (χ1) is 7.85. The van der Waals surface area contributed by atoms with Crippen LogP contribution in [0.3, 0.4) is 0 Å². The van der Waals surface area contributed by atoms with Crippen LogP contribution in [-0.2, 0) is 0 Å². The van der Waals surface area contributed by atoms with Crippen molar-refractivity contribution in [2.75, 3.05) is 18.5 Å². The highest BCUT2D eigenvalue weighted by molar-refractivity contribution is 5.56. The largest absolute Gasteiger partial charge is 0.393 e. The molecule has 0 heterocycles. The van der Waals surface area contributed by atoms with Crippen LogP contribution in [0.5, 0.6) is 0 Å². The van der Waals surface area contributed by atoms with E-state index in [2.05, 4.69) is 5.32 Å². The minimum absolute atomic E-state index is 0.0123. The summed E-state index contributed by atoms with van der Waals surface area (Å²) in [4.78, 5) is 10.1. The van der Waals surface area contributed by atoms with Crippen molar-refractivity contribution in [1.29, 1.82) is 0 Å². The van der Waals surface area contributed by atoms with E-state index in [0.29, 0.717) is 5.69 Å². The summed E-state index contributed by atoms with van der Waals surface area (Å²) in [5.41, 5.74) is 0.149. The van der Waals surface area contributed by atoms with Gasteiger partial charge in [-0.25, -0.2) is 0 Å². The van der Waals surface area contributed by atoms with E-state index in [-0.39, 0.29) is 18.8 Å². The van der Waals surface area contributed by atoms with Gasteiger partial charge in [0.2, 0.25) is 0 Å². The molecule has 17 heavy (non-hydrogen) atoms. The molecule has 6 nitrogen and oxygen atoms in total. The maximum absolute atomic E-state index is 10.6. The highest BCUT2D eigenvalue weighted by Gasteiger charge is 2.19. The number of rotatable bonds is 5. The number of non-ortho nitro benzene ring substituents is 1. The Morgan fingerprint density at radius 1 is 1.53 bits per heavy atom. The second-order valence-electron chi connectivity index (χ2n) is 4.26. The second kappa shape index (κ2) is 5.11. The number of nitro groups is 1. The minimum atomic E-state index is -1.25. The van der Waals surface area contributed by atoms with E-state index in [1.807, 2.05) is 0 Å². The molecule has 1 aromatic carbocycles. The number of benzene rings is 1. The van der Waals surface area contributed by atoms with Crippen LogP contribution in [0, 0.1) is 17.0 Å². The van der Waals surface area contributed by atoms with Crippen LogP contribution in [0.2, 0.25) is 0 Å². The number of nitrogens with zero attached hydrogens (tertiary/aromatic N) is 1. The summed E-state index contributed by atoms with van der Waals surface area (Å²) >= 11 is 0. The zero-order chi connectivity index (χ0) is 13.1. The summed E-state index contributed by atoms with van der Waals surface area (Å²) < 4.78 is 0. The van der Waals surface area contributed by atoms with Crippen molar-refractivity contribution in [3.8, 4) is 0 Å². The lowest BCUT2D eigenvalue weighted by Gasteiger charge is -2.21. The normalized spacial score (nSPS) is 14.1. The Bertz CT molecular complexity index is 418. The standard InChI is InChI=1S/C11H16N2O4/c1-8-3-4-9(13(16)17)5-10(8)12-6-11(2,15)7-14/h3-5,12,14-15H,6-7H2,1-2H3. The highest BCUT2D eigenvalue weighted by Crippen LogP contribution is 2.22. The number of nitro benzene ring substituents is 1. The molecule has 0 spiro atoms. The monoisotopic (exact) mass is 240 g/mol. The van der Waals surface area contributed by atoms with Crippen molar-refractivity contribution in [3.05, 3.63) is 33.9 Å². The fourth-order valence-corrected chi connectivity index (χ4v) is 1.26. The second-order valence-corrected chi connectivity index (χ2v) is 4.26. The fourth-order valence-electron chi connectivity index (χ4n) is 1.26. The quantitative estimate of drug-likeness (QED) is 0.528. The van der Waals surface area contributed by atoms with E-state index in [1.54, 1.807) is 13.0 Å². The van der Waals surface area contributed by atoms with Crippen molar-refractivity contribution in [2.24, 2.45) is 0 Å². The third-order valence-corrected chi connectivity index (χ3v) is 2.43. The van der Waals surface area contributed by atoms with E-state index >= 15 is 0 Å². The molecule has 0 bridgehead atoms. The highest BCUT2D eigenvalue weighted by atomic mass is 16.6. The van der Waals surface area contributed by atoms with Crippen molar-refractivity contribution in [2.45, 2.75) is 19.4 Å². The van der Waals surface area contributed by atoms with Gasteiger partial charge in [-0.3, -0.25) is 10.1 Å². The lowest BCUT2D eigenvalue weighted by Crippen LogP contribution is -2.37. The summed E-state index contributed by atoms with van der Waals surface area (Å²) in [6.07, 6.45) is 0. The van der Waals surface area contributed by atoms with Crippen LogP contribution in [-0.4, -0.2) is 33.9 Å². The fraction of sp³-hybridized carbons (Fsp3) is 0.455. The number of anilines is 1. The van der Waals surface area contributed by atoms with E-state index in [1.165, 1.54) is 19.1 Å². The molecule has 0 amide bonds. The van der Waals surface area contributed by atoms with Gasteiger partial charge in [-0.15, -0.1) is 0 Å². The molecule has 1 atom stereocenters. The average molecular weight is 240 g/mol. The third-order valence-electron chi connectivity index (χ3n) is 2.43. The summed E-state index contributed by atoms with van der Waals surface area (Å²) in [6.45, 7) is 3.02. The van der Waals surface area contributed by atoms with Crippen molar-refractivity contribution < 1.29 is 15.1 Å². The molecule has 0 fully saturated rings. The number of aryl methyl sites for hydroxylation is 1. The number of aliphatic hydroxyl groups excluding tert-OH is 1. The summed E-state index contributed by atoms with van der Waals surface area (Å²) in [5.74, 6) is 0. The summed E-state index contributed by atoms with van der Waals surface area (Å²) in [7, 11) is 0. The van der Waals surface area contributed by atoms with Gasteiger partial charge in [0.1, 0.15) is 5.60 Å². The topological polar surface area (TPSA) is 95.6 Å². The van der Waals surface area contributed by atoms with Crippen LogP contribution in [0.15, 0.2) is 18.2 Å². The third kappa shape index (κ3) is 3.69. The van der Waals surface area contributed by atoms with E-state index in [9.17, 15) is 15.2 Å². The van der Waals surface area contributed by atoms with Crippen molar-refractivity contribution in [1.82, 2.24) is 0 Å². The van der Waals surface area contributed by atoms with Crippen LogP contribution in [0.1, 0.15) is 12.5 Å². The molecule has 0 aliphatic carbocycles. The number of hydrogen-bond donors (Lipinski definition) is 3. The van der Waals surface area contributed by atoms with Crippen LogP contribution >= 0.6 is 0 Å². The van der Waals surface area contributed by atoms with Crippen LogP contribution < -0.4 is 5.32 Å². The van der Waals surface area contributed by atoms with E-state index in [4.69, 9.17) is 5.11 Å². The first-order valence-electron chi connectivity index (χ1n) is 5.18. The zero-order valence-electron chi connectivity index (χ0n) is 9.80. The Labute approximate surface area is 99.0 Å². The Morgan fingerprint density at radius 2 is 2.18 bits per heavy atom. The molecule has 6 heteroatoms. The maximum Gasteiger partial charge on any atom is 0.271 e. The first kappa shape index (κ1) is 13.4. The SMILES string of the molecule is Cc1ccc([N+](=O)[O-])cc1NCC(C)(O)CO. The van der Waals surface area contributed by atoms with Crippen LogP contribution in [0.25, 0.3) is 0 Å². The Kier molecular flexibility index (Phi) is 4.03. The number of hydrogen-bond acceptors (Lipinski definition) is 5. The lowest BCUT2D eigenvalue weighted by molar-refractivity contribution is -0.384. The molecule has 0 saturated carbocycles. The average Bonchev–Trinajstić information content (AvgIpc) is 2.27. The Morgan fingerprint density at radius 3 is 2.71 bits per heavy atom. The van der Waals surface area contributed by atoms with Gasteiger partial charge in [0, 0.05) is 24.4 Å². The maximum atomic E-state index is 10.6. The van der Waals surface area contributed by atoms with Gasteiger partial charge >= 0.3 is 0 Å². The summed E-state index contributed by atoms with van der Waals surface area (Å²) in [6, 6.07) is 4.46. The molecule has 0 aromatic heterocycles. The predicted molar refractivity (Wildman–Crippen MR) is 64.0 cm³/mol. The molecule has 94 valence electrons.